The molecule has 0 saturated carbocycles. The second-order valence-electron chi connectivity index (χ2n) is 6.56. The third-order valence-electron chi connectivity index (χ3n) is 4.90. The summed E-state index contributed by atoms with van der Waals surface area (Å²) in [6, 6.07) is 14.7. The minimum atomic E-state index is -0.371. The standard InChI is InChI=1S/C22H20N2O4.2C2H6/c1-27-22(26)16-4-2-15(3-5-16)18-8-9-23-20-7-6-17(14-19(18)20)21(25)24-10-12-28-13-11-24;2*1-2/h2-9,14H,10-13H2,1H3;2*1-2H3. The van der Waals surface area contributed by atoms with Crippen molar-refractivity contribution in [1.82, 2.24) is 9.88 Å². The van der Waals surface area contributed by atoms with Crippen molar-refractivity contribution in [3.8, 4) is 11.1 Å². The molecular formula is C26H32N2O4. The van der Waals surface area contributed by atoms with Gasteiger partial charge in [0.1, 0.15) is 0 Å². The number of amides is 1. The molecule has 4 rings (SSSR count). The second kappa shape index (κ2) is 12.6. The van der Waals surface area contributed by atoms with Crippen molar-refractivity contribution in [3.63, 3.8) is 0 Å². The number of hydrogen-bond donors (Lipinski definition) is 0. The van der Waals surface area contributed by atoms with Gasteiger partial charge in [0.25, 0.3) is 5.91 Å². The maximum atomic E-state index is 12.8. The quantitative estimate of drug-likeness (QED) is 0.527. The predicted octanol–water partition coefficient (Wildman–Crippen LogP) is 5.21. The molecule has 1 aliphatic heterocycles. The van der Waals surface area contributed by atoms with E-state index in [1.807, 2.05) is 69.0 Å². The number of esters is 1. The van der Waals surface area contributed by atoms with Crippen molar-refractivity contribution in [3.05, 3.63) is 65.9 Å². The number of morpholine rings is 1. The molecule has 6 nitrogen and oxygen atoms in total. The number of ether oxygens (including phenoxy) is 2. The smallest absolute Gasteiger partial charge is 0.337 e. The van der Waals surface area contributed by atoms with Crippen LogP contribution in [0.5, 0.6) is 0 Å². The zero-order valence-electron chi connectivity index (χ0n) is 19.6. The first kappa shape index (κ1) is 25.0. The molecule has 0 radical (unpaired) electrons. The van der Waals surface area contributed by atoms with Crippen molar-refractivity contribution < 1.29 is 19.1 Å². The van der Waals surface area contributed by atoms with Crippen molar-refractivity contribution in [1.29, 1.82) is 0 Å². The number of pyridine rings is 1. The van der Waals surface area contributed by atoms with Gasteiger partial charge in [0.2, 0.25) is 0 Å². The topological polar surface area (TPSA) is 68.7 Å². The summed E-state index contributed by atoms with van der Waals surface area (Å²) in [4.78, 5) is 30.7. The molecule has 1 aromatic heterocycles. The number of carbonyl (C=O) groups excluding carboxylic acids is 2. The average molecular weight is 437 g/mol. The lowest BCUT2D eigenvalue weighted by molar-refractivity contribution is 0.0303. The summed E-state index contributed by atoms with van der Waals surface area (Å²) < 4.78 is 10.1. The molecule has 1 aliphatic rings. The van der Waals surface area contributed by atoms with E-state index >= 15 is 0 Å². The molecule has 0 aliphatic carbocycles. The maximum Gasteiger partial charge on any atom is 0.337 e. The van der Waals surface area contributed by atoms with Gasteiger partial charge in [-0.3, -0.25) is 9.78 Å². The Bertz CT molecular complexity index is 1030. The SMILES string of the molecule is CC.CC.COC(=O)c1ccc(-c2ccnc3ccc(C(=O)N4CCOCC4)cc23)cc1. The lowest BCUT2D eigenvalue weighted by atomic mass is 9.98. The van der Waals surface area contributed by atoms with E-state index in [9.17, 15) is 9.59 Å². The molecule has 0 bridgehead atoms. The van der Waals surface area contributed by atoms with Crippen LogP contribution in [0.15, 0.2) is 54.7 Å². The molecule has 0 N–H and O–H groups in total. The number of methoxy groups -OCH3 is 1. The molecular weight excluding hydrogens is 404 g/mol. The largest absolute Gasteiger partial charge is 0.465 e. The molecule has 1 amide bonds. The van der Waals surface area contributed by atoms with E-state index in [0.717, 1.165) is 22.0 Å². The second-order valence-corrected chi connectivity index (χ2v) is 6.56. The Morgan fingerprint density at radius 3 is 2.16 bits per heavy atom. The molecule has 0 atom stereocenters. The Labute approximate surface area is 190 Å². The van der Waals surface area contributed by atoms with Gasteiger partial charge in [-0.15, -0.1) is 0 Å². The number of fused-ring (bicyclic) bond motifs is 1. The van der Waals surface area contributed by atoms with E-state index in [1.165, 1.54) is 7.11 Å². The summed E-state index contributed by atoms with van der Waals surface area (Å²) in [6.45, 7) is 10.3. The summed E-state index contributed by atoms with van der Waals surface area (Å²) >= 11 is 0. The Balaban J connectivity index is 0.000000860. The van der Waals surface area contributed by atoms with E-state index in [2.05, 4.69) is 4.98 Å². The molecule has 0 unspecified atom stereocenters. The Morgan fingerprint density at radius 1 is 0.906 bits per heavy atom. The highest BCUT2D eigenvalue weighted by Crippen LogP contribution is 2.29. The van der Waals surface area contributed by atoms with Gasteiger partial charge in [-0.1, -0.05) is 39.8 Å². The first-order valence-corrected chi connectivity index (χ1v) is 11.1. The van der Waals surface area contributed by atoms with Crippen molar-refractivity contribution >= 4 is 22.8 Å². The Kier molecular flexibility index (Phi) is 9.82. The normalized spacial score (nSPS) is 12.7. The fourth-order valence-electron chi connectivity index (χ4n) is 3.38. The van der Waals surface area contributed by atoms with Crippen LogP contribution in [0.2, 0.25) is 0 Å². The highest BCUT2D eigenvalue weighted by Gasteiger charge is 2.19. The number of aromatic nitrogens is 1. The van der Waals surface area contributed by atoms with Crippen LogP contribution in [0.1, 0.15) is 48.4 Å². The molecule has 2 aromatic carbocycles. The van der Waals surface area contributed by atoms with Crippen LogP contribution >= 0.6 is 0 Å². The molecule has 170 valence electrons. The molecule has 3 aromatic rings. The van der Waals surface area contributed by atoms with Crippen LogP contribution in [-0.2, 0) is 9.47 Å². The van der Waals surface area contributed by atoms with E-state index < -0.39 is 0 Å². The van der Waals surface area contributed by atoms with Gasteiger partial charge in [0.05, 0.1) is 31.4 Å². The summed E-state index contributed by atoms with van der Waals surface area (Å²) in [5, 5.41) is 0.896. The van der Waals surface area contributed by atoms with Crippen LogP contribution in [0.3, 0.4) is 0 Å². The van der Waals surface area contributed by atoms with Gasteiger partial charge in [0, 0.05) is 30.2 Å². The predicted molar refractivity (Wildman–Crippen MR) is 128 cm³/mol. The van der Waals surface area contributed by atoms with E-state index in [1.54, 1.807) is 18.3 Å². The summed E-state index contributed by atoms with van der Waals surface area (Å²) in [7, 11) is 1.36. The number of benzene rings is 2. The fraction of sp³-hybridized carbons (Fsp3) is 0.346. The Morgan fingerprint density at radius 2 is 1.53 bits per heavy atom. The zero-order chi connectivity index (χ0) is 23.5. The monoisotopic (exact) mass is 436 g/mol. The molecule has 1 saturated heterocycles. The molecule has 2 heterocycles. The zero-order valence-corrected chi connectivity index (χ0v) is 19.6. The number of hydrogen-bond acceptors (Lipinski definition) is 5. The average Bonchev–Trinajstić information content (AvgIpc) is 2.90. The van der Waals surface area contributed by atoms with E-state index in [0.29, 0.717) is 37.4 Å². The van der Waals surface area contributed by atoms with Crippen LogP contribution in [0.25, 0.3) is 22.0 Å². The summed E-state index contributed by atoms with van der Waals surface area (Å²) in [6.07, 6.45) is 1.75. The first-order chi connectivity index (χ1) is 15.7. The van der Waals surface area contributed by atoms with Gasteiger partial charge in [-0.25, -0.2) is 4.79 Å². The highest BCUT2D eigenvalue weighted by molar-refractivity contribution is 6.02. The van der Waals surface area contributed by atoms with E-state index in [-0.39, 0.29) is 11.9 Å². The third-order valence-corrected chi connectivity index (χ3v) is 4.90. The summed E-state index contributed by atoms with van der Waals surface area (Å²) in [5.74, 6) is -0.370. The van der Waals surface area contributed by atoms with Gasteiger partial charge >= 0.3 is 5.97 Å². The number of nitrogens with zero attached hydrogens (tertiary/aromatic N) is 2. The number of rotatable bonds is 3. The van der Waals surface area contributed by atoms with Gasteiger partial charge in [-0.2, -0.15) is 0 Å². The molecule has 1 fully saturated rings. The minimum Gasteiger partial charge on any atom is -0.465 e. The van der Waals surface area contributed by atoms with Crippen molar-refractivity contribution in [2.24, 2.45) is 0 Å². The van der Waals surface area contributed by atoms with Crippen molar-refractivity contribution in [2.75, 3.05) is 33.4 Å². The third kappa shape index (κ3) is 5.71. The van der Waals surface area contributed by atoms with Crippen molar-refractivity contribution in [2.45, 2.75) is 27.7 Å². The van der Waals surface area contributed by atoms with Gasteiger partial charge in [0.15, 0.2) is 0 Å². The van der Waals surface area contributed by atoms with E-state index in [4.69, 9.17) is 9.47 Å². The summed E-state index contributed by atoms with van der Waals surface area (Å²) in [5.41, 5.74) is 3.84. The van der Waals surface area contributed by atoms with Gasteiger partial charge < -0.3 is 14.4 Å². The fourth-order valence-corrected chi connectivity index (χ4v) is 3.38. The molecule has 0 spiro atoms. The molecule has 32 heavy (non-hydrogen) atoms. The van der Waals surface area contributed by atoms with Crippen LogP contribution < -0.4 is 0 Å². The lowest BCUT2D eigenvalue weighted by Gasteiger charge is -2.27. The number of carbonyl (C=O) groups is 2. The van der Waals surface area contributed by atoms with Gasteiger partial charge in [-0.05, 0) is 47.5 Å². The lowest BCUT2D eigenvalue weighted by Crippen LogP contribution is -2.40. The minimum absolute atomic E-state index is 0.000965. The van der Waals surface area contributed by atoms with Crippen LogP contribution in [0.4, 0.5) is 0 Å². The first-order valence-electron chi connectivity index (χ1n) is 11.1. The van der Waals surface area contributed by atoms with Crippen LogP contribution in [0, 0.1) is 0 Å². The highest BCUT2D eigenvalue weighted by atomic mass is 16.5. The Hall–Kier alpha value is -3.25. The maximum absolute atomic E-state index is 12.8. The van der Waals surface area contributed by atoms with Crippen LogP contribution in [-0.4, -0.2) is 55.2 Å². The molecule has 6 heteroatoms.